The molecule has 1 atom stereocenters. The second-order valence-electron chi connectivity index (χ2n) is 6.51. The van der Waals surface area contributed by atoms with Crippen molar-refractivity contribution in [1.82, 2.24) is 4.98 Å². The number of methoxy groups -OCH3 is 3. The number of nitrogens with two attached hydrogens (primary N) is 1. The number of hydrogen-bond acceptors (Lipinski definition) is 7. The Hall–Kier alpha value is -3.01. The van der Waals surface area contributed by atoms with Crippen LogP contribution in [0.1, 0.15) is 17.3 Å². The van der Waals surface area contributed by atoms with Crippen LogP contribution >= 0.6 is 22.9 Å². The summed E-state index contributed by atoms with van der Waals surface area (Å²) in [5.74, 6) is 1.30. The summed E-state index contributed by atoms with van der Waals surface area (Å²) < 4.78 is 15.9. The monoisotopic (exact) mass is 462 g/mol. The molecule has 0 saturated heterocycles. The smallest absolute Gasteiger partial charge is 0.325 e. The third-order valence-corrected chi connectivity index (χ3v) is 5.44. The highest BCUT2D eigenvalue weighted by molar-refractivity contribution is 7.14. The molecule has 0 fully saturated rings. The van der Waals surface area contributed by atoms with Crippen LogP contribution in [0, 0.1) is 0 Å². The second kappa shape index (κ2) is 10.3. The Labute approximate surface area is 189 Å². The minimum absolute atomic E-state index is 0.300. The topological polar surface area (TPSA) is 108 Å². The molecule has 4 N–H and O–H groups in total. The van der Waals surface area contributed by atoms with Crippen LogP contribution in [0.4, 0.5) is 15.6 Å². The number of rotatable bonds is 8. The maximum atomic E-state index is 12.4. The Bertz CT molecular complexity index is 1020. The molecule has 0 radical (unpaired) electrons. The maximum absolute atomic E-state index is 12.4. The molecule has 8 nitrogen and oxygen atoms in total. The summed E-state index contributed by atoms with van der Waals surface area (Å²) in [5.41, 5.74) is 8.49. The van der Waals surface area contributed by atoms with Crippen molar-refractivity contribution in [3.05, 3.63) is 58.1 Å². The molecule has 0 bridgehead atoms. The summed E-state index contributed by atoms with van der Waals surface area (Å²) in [6.45, 7) is 0. The van der Waals surface area contributed by atoms with E-state index in [1.165, 1.54) is 32.7 Å². The molecule has 0 aliphatic carbocycles. The van der Waals surface area contributed by atoms with Crippen LogP contribution < -0.4 is 30.6 Å². The lowest BCUT2D eigenvalue weighted by molar-refractivity contribution is 0.262. The van der Waals surface area contributed by atoms with Crippen molar-refractivity contribution in [2.75, 3.05) is 32.0 Å². The van der Waals surface area contributed by atoms with Gasteiger partial charge in [-0.2, -0.15) is 0 Å². The SMILES string of the molecule is COc1cc(NC(=O)Nc2nc(C(N)Cc3ccc(Cl)cc3)cs2)cc(OC)c1OC. The number of thiazole rings is 1. The Balaban J connectivity index is 1.64. The number of ether oxygens (including phenoxy) is 3. The number of aromatic nitrogens is 1. The molecule has 164 valence electrons. The predicted octanol–water partition coefficient (Wildman–Crippen LogP) is 4.71. The highest BCUT2D eigenvalue weighted by Crippen LogP contribution is 2.40. The zero-order chi connectivity index (χ0) is 22.4. The van der Waals surface area contributed by atoms with E-state index in [9.17, 15) is 4.79 Å². The zero-order valence-electron chi connectivity index (χ0n) is 17.3. The number of amides is 2. The number of anilines is 2. The molecule has 2 aromatic carbocycles. The standard InChI is InChI=1S/C21H23ClN4O4S/c1-28-17-9-14(10-18(29-2)19(17)30-3)24-20(27)26-21-25-16(11-31-21)15(23)8-12-4-6-13(22)7-5-12/h4-7,9-11,15H,8,23H2,1-3H3,(H2,24,25,26,27). The van der Waals surface area contributed by atoms with Crippen molar-refractivity contribution in [3.63, 3.8) is 0 Å². The number of carbonyl (C=O) groups is 1. The number of halogens is 1. The third kappa shape index (κ3) is 5.78. The van der Waals surface area contributed by atoms with E-state index in [-0.39, 0.29) is 6.04 Å². The van der Waals surface area contributed by atoms with Crippen molar-refractivity contribution in [2.45, 2.75) is 12.5 Å². The van der Waals surface area contributed by atoms with Crippen molar-refractivity contribution in [1.29, 1.82) is 0 Å². The van der Waals surface area contributed by atoms with Crippen LogP contribution in [-0.2, 0) is 6.42 Å². The Morgan fingerprint density at radius 1 is 1.10 bits per heavy atom. The molecule has 1 unspecified atom stereocenters. The summed E-state index contributed by atoms with van der Waals surface area (Å²) in [7, 11) is 4.52. The lowest BCUT2D eigenvalue weighted by Gasteiger charge is -2.14. The van der Waals surface area contributed by atoms with Gasteiger partial charge in [-0.25, -0.2) is 9.78 Å². The van der Waals surface area contributed by atoms with Gasteiger partial charge in [-0.3, -0.25) is 5.32 Å². The predicted molar refractivity (Wildman–Crippen MR) is 123 cm³/mol. The maximum Gasteiger partial charge on any atom is 0.325 e. The van der Waals surface area contributed by atoms with Gasteiger partial charge in [-0.15, -0.1) is 11.3 Å². The van der Waals surface area contributed by atoms with Gasteiger partial charge in [0.1, 0.15) is 0 Å². The average molecular weight is 463 g/mol. The van der Waals surface area contributed by atoms with E-state index in [2.05, 4.69) is 15.6 Å². The van der Waals surface area contributed by atoms with Crippen LogP contribution in [0.15, 0.2) is 41.8 Å². The largest absolute Gasteiger partial charge is 0.493 e. The van der Waals surface area contributed by atoms with Crippen LogP contribution in [0.3, 0.4) is 0 Å². The second-order valence-corrected chi connectivity index (χ2v) is 7.80. The number of benzene rings is 2. The lowest BCUT2D eigenvalue weighted by Crippen LogP contribution is -2.20. The Morgan fingerprint density at radius 2 is 1.74 bits per heavy atom. The average Bonchev–Trinajstić information content (AvgIpc) is 3.23. The van der Waals surface area contributed by atoms with Crippen molar-refractivity contribution in [3.8, 4) is 17.2 Å². The van der Waals surface area contributed by atoms with Gasteiger partial charge in [0.2, 0.25) is 5.75 Å². The van der Waals surface area contributed by atoms with E-state index < -0.39 is 6.03 Å². The fraction of sp³-hybridized carbons (Fsp3) is 0.238. The van der Waals surface area contributed by atoms with Gasteiger partial charge in [0.15, 0.2) is 16.6 Å². The van der Waals surface area contributed by atoms with Gasteiger partial charge >= 0.3 is 6.03 Å². The summed E-state index contributed by atoms with van der Waals surface area (Å²) in [6.07, 6.45) is 0.609. The number of carbonyl (C=O) groups excluding carboxylic acids is 1. The molecule has 31 heavy (non-hydrogen) atoms. The molecule has 1 aromatic heterocycles. The van der Waals surface area contributed by atoms with Crippen molar-refractivity contribution in [2.24, 2.45) is 5.73 Å². The first-order chi connectivity index (χ1) is 14.9. The summed E-state index contributed by atoms with van der Waals surface area (Å²) >= 11 is 7.21. The van der Waals surface area contributed by atoms with Crippen molar-refractivity contribution < 1.29 is 19.0 Å². The van der Waals surface area contributed by atoms with Crippen LogP contribution in [-0.4, -0.2) is 32.3 Å². The first-order valence-corrected chi connectivity index (χ1v) is 10.5. The van der Waals surface area contributed by atoms with E-state index in [0.717, 1.165) is 5.56 Å². The molecule has 0 aliphatic rings. The van der Waals surface area contributed by atoms with Gasteiger partial charge in [-0.1, -0.05) is 23.7 Å². The highest BCUT2D eigenvalue weighted by Gasteiger charge is 2.16. The summed E-state index contributed by atoms with van der Waals surface area (Å²) in [6, 6.07) is 10.0. The fourth-order valence-electron chi connectivity index (χ4n) is 2.91. The molecule has 0 spiro atoms. The quantitative estimate of drug-likeness (QED) is 0.447. The summed E-state index contributed by atoms with van der Waals surface area (Å²) in [4.78, 5) is 16.9. The molecule has 3 aromatic rings. The fourth-order valence-corrected chi connectivity index (χ4v) is 3.80. The molecule has 0 saturated carbocycles. The molecule has 0 aliphatic heterocycles. The van der Waals surface area contributed by atoms with Crippen LogP contribution in [0.5, 0.6) is 17.2 Å². The molecule has 10 heteroatoms. The number of nitrogens with one attached hydrogen (secondary N) is 2. The zero-order valence-corrected chi connectivity index (χ0v) is 18.8. The lowest BCUT2D eigenvalue weighted by atomic mass is 10.1. The van der Waals surface area contributed by atoms with Gasteiger partial charge in [0.05, 0.1) is 38.8 Å². The first-order valence-electron chi connectivity index (χ1n) is 9.27. The first kappa shape index (κ1) is 22.7. The van der Waals surface area contributed by atoms with Gasteiger partial charge in [0, 0.05) is 22.5 Å². The van der Waals surface area contributed by atoms with E-state index in [1.807, 2.05) is 29.6 Å². The highest BCUT2D eigenvalue weighted by atomic mass is 35.5. The van der Waals surface area contributed by atoms with Crippen LogP contribution in [0.25, 0.3) is 0 Å². The minimum atomic E-state index is -0.457. The molecule has 1 heterocycles. The molecular formula is C21H23ClN4O4S. The van der Waals surface area contributed by atoms with E-state index in [0.29, 0.717) is 45.2 Å². The van der Waals surface area contributed by atoms with Gasteiger partial charge in [0.25, 0.3) is 0 Å². The number of nitrogens with zero attached hydrogens (tertiary/aromatic N) is 1. The Kier molecular flexibility index (Phi) is 7.56. The minimum Gasteiger partial charge on any atom is -0.493 e. The van der Waals surface area contributed by atoms with Gasteiger partial charge < -0.3 is 25.3 Å². The van der Waals surface area contributed by atoms with Crippen molar-refractivity contribution >= 4 is 39.8 Å². The normalized spacial score (nSPS) is 11.5. The molecule has 3 rings (SSSR count). The number of hydrogen-bond donors (Lipinski definition) is 3. The van der Waals surface area contributed by atoms with E-state index in [4.69, 9.17) is 31.5 Å². The van der Waals surface area contributed by atoms with E-state index >= 15 is 0 Å². The molecular weight excluding hydrogens is 440 g/mol. The molecule has 2 amide bonds. The van der Waals surface area contributed by atoms with Crippen LogP contribution in [0.2, 0.25) is 5.02 Å². The van der Waals surface area contributed by atoms with Gasteiger partial charge in [-0.05, 0) is 24.1 Å². The Morgan fingerprint density at radius 3 is 2.32 bits per heavy atom. The summed E-state index contributed by atoms with van der Waals surface area (Å²) in [5, 5.41) is 8.39. The number of urea groups is 1. The third-order valence-electron chi connectivity index (χ3n) is 4.41. The van der Waals surface area contributed by atoms with E-state index in [1.54, 1.807) is 12.1 Å².